The summed E-state index contributed by atoms with van der Waals surface area (Å²) in [5.74, 6) is -1.74. The average Bonchev–Trinajstić information content (AvgIpc) is 2.42. The first-order valence-corrected chi connectivity index (χ1v) is 12.0. The van der Waals surface area contributed by atoms with E-state index in [-0.39, 0.29) is 4.90 Å². The molecule has 0 radical (unpaired) electrons. The predicted molar refractivity (Wildman–Crippen MR) is 106 cm³/mol. The third-order valence-electron chi connectivity index (χ3n) is 2.94. The molecule has 6 nitrogen and oxygen atoms in total. The molecule has 0 aliphatic carbocycles. The first-order valence-electron chi connectivity index (χ1n) is 7.79. The van der Waals surface area contributed by atoms with Crippen LogP contribution in [0.5, 0.6) is 0 Å². The van der Waals surface area contributed by atoms with Crippen LogP contribution in [0.3, 0.4) is 0 Å². The standard InChI is InChI=1S/C15H23Cl3NO5PS/c1-10(2)23-25(20,24-11(3)4)14(15(16,17)18)19-26(21,22)13-8-6-12(5)7-9-13/h6-11,14,19H,1-5H3. The fraction of sp³-hybridized carbons (Fsp3) is 0.600. The maximum absolute atomic E-state index is 13.3. The Balaban J connectivity index is 3.36. The van der Waals surface area contributed by atoms with E-state index < -0.39 is 39.4 Å². The van der Waals surface area contributed by atoms with Gasteiger partial charge >= 0.3 is 7.60 Å². The van der Waals surface area contributed by atoms with Crippen LogP contribution in [0.2, 0.25) is 0 Å². The van der Waals surface area contributed by atoms with Gasteiger partial charge in [0.2, 0.25) is 13.8 Å². The lowest BCUT2D eigenvalue weighted by atomic mass is 10.2. The van der Waals surface area contributed by atoms with Crippen LogP contribution in [0.25, 0.3) is 0 Å². The van der Waals surface area contributed by atoms with Crippen molar-refractivity contribution in [2.45, 2.75) is 61.3 Å². The zero-order valence-corrected chi connectivity index (χ0v) is 19.1. The molecule has 0 aliphatic heterocycles. The fourth-order valence-electron chi connectivity index (χ4n) is 1.98. The van der Waals surface area contributed by atoms with Gasteiger partial charge in [-0.25, -0.2) is 8.42 Å². The molecule has 0 aliphatic rings. The molecule has 150 valence electrons. The topological polar surface area (TPSA) is 81.7 Å². The summed E-state index contributed by atoms with van der Waals surface area (Å²) in [4.78, 5) is -0.0667. The number of nitrogens with one attached hydrogen (secondary N) is 1. The van der Waals surface area contributed by atoms with Gasteiger partial charge in [0.15, 0.2) is 5.78 Å². The summed E-state index contributed by atoms with van der Waals surface area (Å²) in [6.45, 7) is 8.26. The average molecular weight is 467 g/mol. The molecule has 0 saturated carbocycles. The van der Waals surface area contributed by atoms with E-state index in [2.05, 4.69) is 4.72 Å². The van der Waals surface area contributed by atoms with E-state index in [1.807, 2.05) is 6.92 Å². The van der Waals surface area contributed by atoms with E-state index in [0.717, 1.165) is 5.56 Å². The number of rotatable bonds is 8. The Hall–Kier alpha value is 0.150. The van der Waals surface area contributed by atoms with Crippen LogP contribution >= 0.6 is 42.4 Å². The maximum Gasteiger partial charge on any atom is 0.353 e. The summed E-state index contributed by atoms with van der Waals surface area (Å²) < 4.78 is 49.4. The summed E-state index contributed by atoms with van der Waals surface area (Å²) in [6.07, 6.45) is -1.11. The van der Waals surface area contributed by atoms with Crippen LogP contribution in [0.4, 0.5) is 0 Å². The van der Waals surface area contributed by atoms with Gasteiger partial charge in [-0.2, -0.15) is 4.72 Å². The van der Waals surface area contributed by atoms with Crippen molar-refractivity contribution in [1.82, 2.24) is 4.72 Å². The largest absolute Gasteiger partial charge is 0.353 e. The fourth-order valence-corrected chi connectivity index (χ4v) is 7.27. The van der Waals surface area contributed by atoms with Gasteiger partial charge in [0.05, 0.1) is 17.1 Å². The van der Waals surface area contributed by atoms with E-state index in [9.17, 15) is 13.0 Å². The minimum Gasteiger partial charge on any atom is -0.305 e. The molecule has 1 atom stereocenters. The number of alkyl halides is 3. The van der Waals surface area contributed by atoms with Gasteiger partial charge in [0.1, 0.15) is 0 Å². The van der Waals surface area contributed by atoms with Gasteiger partial charge in [-0.3, -0.25) is 4.57 Å². The normalized spacial score (nSPS) is 14.8. The number of halogens is 3. The first kappa shape index (κ1) is 24.2. The number of hydrogen-bond donors (Lipinski definition) is 1. The van der Waals surface area contributed by atoms with Crippen molar-refractivity contribution in [2.75, 3.05) is 0 Å². The van der Waals surface area contributed by atoms with Gasteiger partial charge in [0, 0.05) is 0 Å². The van der Waals surface area contributed by atoms with Crippen molar-refractivity contribution < 1.29 is 22.0 Å². The SMILES string of the molecule is Cc1ccc(S(=O)(=O)NC(C(Cl)(Cl)Cl)P(=O)(OC(C)C)OC(C)C)cc1. The number of sulfonamides is 1. The number of benzene rings is 1. The van der Waals surface area contributed by atoms with Crippen LogP contribution in [0, 0.1) is 6.92 Å². The van der Waals surface area contributed by atoms with E-state index in [1.165, 1.54) is 12.1 Å². The number of hydrogen-bond acceptors (Lipinski definition) is 5. The molecule has 0 saturated heterocycles. The molecule has 1 unspecified atom stereocenters. The Morgan fingerprint density at radius 3 is 1.77 bits per heavy atom. The molecule has 0 bridgehead atoms. The second-order valence-electron chi connectivity index (χ2n) is 6.23. The molecule has 0 fully saturated rings. The molecule has 1 rings (SSSR count). The van der Waals surface area contributed by atoms with Crippen LogP contribution < -0.4 is 4.72 Å². The molecule has 1 N–H and O–H groups in total. The Kier molecular flexibility index (Phi) is 8.47. The van der Waals surface area contributed by atoms with Crippen molar-refractivity contribution in [1.29, 1.82) is 0 Å². The van der Waals surface area contributed by atoms with Crippen molar-refractivity contribution in [2.24, 2.45) is 0 Å². The van der Waals surface area contributed by atoms with Crippen LogP contribution in [-0.2, 0) is 23.6 Å². The Morgan fingerprint density at radius 1 is 1.00 bits per heavy atom. The van der Waals surface area contributed by atoms with Gasteiger partial charge in [-0.15, -0.1) is 0 Å². The van der Waals surface area contributed by atoms with Gasteiger partial charge in [-0.05, 0) is 46.8 Å². The highest BCUT2D eigenvalue weighted by Crippen LogP contribution is 2.60. The molecule has 0 spiro atoms. The van der Waals surface area contributed by atoms with E-state index in [1.54, 1.807) is 39.8 Å². The highest BCUT2D eigenvalue weighted by molar-refractivity contribution is 7.89. The molecule has 0 amide bonds. The molecule has 0 heterocycles. The monoisotopic (exact) mass is 465 g/mol. The highest BCUT2D eigenvalue weighted by Gasteiger charge is 2.52. The molecular formula is C15H23Cl3NO5PS. The third-order valence-corrected chi connectivity index (χ3v) is 8.24. The minimum absolute atomic E-state index is 0.0667. The summed E-state index contributed by atoms with van der Waals surface area (Å²) in [5, 5.41) is 0. The zero-order valence-electron chi connectivity index (χ0n) is 15.1. The lowest BCUT2D eigenvalue weighted by Crippen LogP contribution is -2.45. The molecule has 26 heavy (non-hydrogen) atoms. The Bertz CT molecular complexity index is 734. The van der Waals surface area contributed by atoms with Crippen LogP contribution in [-0.4, -0.2) is 30.2 Å². The van der Waals surface area contributed by atoms with Gasteiger partial charge < -0.3 is 9.05 Å². The van der Waals surface area contributed by atoms with Gasteiger partial charge in [-0.1, -0.05) is 52.5 Å². The van der Waals surface area contributed by atoms with Crippen LogP contribution in [0.15, 0.2) is 29.2 Å². The van der Waals surface area contributed by atoms with E-state index in [0.29, 0.717) is 0 Å². The van der Waals surface area contributed by atoms with Crippen molar-refractivity contribution in [3.05, 3.63) is 29.8 Å². The van der Waals surface area contributed by atoms with Crippen molar-refractivity contribution in [3.8, 4) is 0 Å². The zero-order chi connectivity index (χ0) is 20.3. The molecule has 11 heteroatoms. The quantitative estimate of drug-likeness (QED) is 0.430. The summed E-state index contributed by atoms with van der Waals surface area (Å²) in [5.41, 5.74) is 0.874. The number of aryl methyl sites for hydroxylation is 1. The second kappa shape index (κ2) is 9.10. The maximum atomic E-state index is 13.3. The molecule has 1 aromatic carbocycles. The second-order valence-corrected chi connectivity index (χ2v) is 12.3. The predicted octanol–water partition coefficient (Wildman–Crippen LogP) is 5.01. The van der Waals surface area contributed by atoms with Gasteiger partial charge in [0.25, 0.3) is 0 Å². The van der Waals surface area contributed by atoms with Crippen molar-refractivity contribution in [3.63, 3.8) is 0 Å². The Morgan fingerprint density at radius 2 is 1.42 bits per heavy atom. The first-order chi connectivity index (χ1) is 11.7. The molecule has 1 aromatic rings. The lowest BCUT2D eigenvalue weighted by molar-refractivity contribution is 0.135. The van der Waals surface area contributed by atoms with Crippen molar-refractivity contribution >= 4 is 52.4 Å². The summed E-state index contributed by atoms with van der Waals surface area (Å²) in [6, 6.07) is 6.02. The highest BCUT2D eigenvalue weighted by atomic mass is 35.6. The minimum atomic E-state index is -4.18. The van der Waals surface area contributed by atoms with E-state index >= 15 is 0 Å². The molecule has 0 aromatic heterocycles. The lowest BCUT2D eigenvalue weighted by Gasteiger charge is -2.33. The Labute approximate surface area is 170 Å². The summed E-state index contributed by atoms with van der Waals surface area (Å²) >= 11 is 17.8. The third kappa shape index (κ3) is 6.95. The summed E-state index contributed by atoms with van der Waals surface area (Å²) in [7, 11) is -8.33. The van der Waals surface area contributed by atoms with E-state index in [4.69, 9.17) is 43.9 Å². The smallest absolute Gasteiger partial charge is 0.305 e. The van der Waals surface area contributed by atoms with Crippen LogP contribution in [0.1, 0.15) is 33.3 Å². The molecular weight excluding hydrogens is 444 g/mol.